The molecule has 21 heavy (non-hydrogen) atoms. The lowest BCUT2D eigenvalue weighted by Gasteiger charge is -2.19. The monoisotopic (exact) mass is 313 g/mol. The molecule has 0 saturated heterocycles. The second-order valence-electron chi connectivity index (χ2n) is 3.97. The summed E-state index contributed by atoms with van der Waals surface area (Å²) in [6, 6.07) is 3.58. The van der Waals surface area contributed by atoms with Crippen molar-refractivity contribution >= 4 is 29.2 Å². The summed E-state index contributed by atoms with van der Waals surface area (Å²) in [4.78, 5) is 32.9. The fourth-order valence-corrected chi connectivity index (χ4v) is 1.79. The number of esters is 2. The fourth-order valence-electron chi connectivity index (χ4n) is 1.57. The van der Waals surface area contributed by atoms with E-state index in [0.29, 0.717) is 0 Å². The second kappa shape index (κ2) is 6.85. The smallest absolute Gasteiger partial charge is 0.337 e. The number of rotatable bonds is 5. The normalized spacial score (nSPS) is 11.4. The molecule has 0 aliphatic carbocycles. The van der Waals surface area contributed by atoms with Gasteiger partial charge in [-0.1, -0.05) is 18.2 Å². The van der Waals surface area contributed by atoms with Gasteiger partial charge in [-0.15, -0.1) is 0 Å². The minimum atomic E-state index is -1.26. The first-order valence-corrected chi connectivity index (χ1v) is 6.04. The molecule has 0 fully saturated rings. The Balaban J connectivity index is 3.34. The third-order valence-corrected chi connectivity index (χ3v) is 2.86. The Morgan fingerprint density at radius 2 is 2.05 bits per heavy atom. The Morgan fingerprint density at radius 1 is 1.43 bits per heavy atom. The average Bonchev–Trinajstić information content (AvgIpc) is 2.43. The van der Waals surface area contributed by atoms with E-state index in [9.17, 15) is 19.7 Å². The average molecular weight is 314 g/mol. The number of hydrogen-bond acceptors (Lipinski definition) is 6. The molecule has 1 rings (SSSR count). The Kier molecular flexibility index (Phi) is 5.43. The number of benzene rings is 1. The molecular formula is C13H12ClNO6. The van der Waals surface area contributed by atoms with Crippen LogP contribution in [0.4, 0.5) is 5.69 Å². The van der Waals surface area contributed by atoms with E-state index in [1.54, 1.807) is 0 Å². The van der Waals surface area contributed by atoms with Crippen LogP contribution in [0.5, 0.6) is 0 Å². The zero-order chi connectivity index (χ0) is 16.2. The van der Waals surface area contributed by atoms with E-state index in [1.165, 1.54) is 12.1 Å². The van der Waals surface area contributed by atoms with Crippen molar-refractivity contribution in [1.82, 2.24) is 0 Å². The third kappa shape index (κ3) is 4.03. The van der Waals surface area contributed by atoms with Crippen molar-refractivity contribution in [3.8, 4) is 0 Å². The summed E-state index contributed by atoms with van der Waals surface area (Å²) in [7, 11) is 1.13. The number of nitro benzene ring substituents is 1. The van der Waals surface area contributed by atoms with Crippen molar-refractivity contribution in [2.24, 2.45) is 0 Å². The SMILES string of the molecule is C=C(C(=O)OC)C(OC(C)=O)c1cc([N+](=O)[O-])ccc1Cl. The minimum Gasteiger partial charge on any atom is -0.466 e. The van der Waals surface area contributed by atoms with E-state index in [-0.39, 0.29) is 21.8 Å². The first-order chi connectivity index (χ1) is 9.77. The highest BCUT2D eigenvalue weighted by molar-refractivity contribution is 6.31. The molecule has 8 heteroatoms. The first kappa shape index (κ1) is 16.6. The zero-order valence-electron chi connectivity index (χ0n) is 11.3. The van der Waals surface area contributed by atoms with Crippen molar-refractivity contribution in [2.45, 2.75) is 13.0 Å². The Hall–Kier alpha value is -2.41. The van der Waals surface area contributed by atoms with E-state index in [4.69, 9.17) is 16.3 Å². The van der Waals surface area contributed by atoms with Gasteiger partial charge in [0.25, 0.3) is 5.69 Å². The van der Waals surface area contributed by atoms with Crippen LogP contribution in [0, 0.1) is 10.1 Å². The number of nitro groups is 1. The van der Waals surface area contributed by atoms with Crippen LogP contribution < -0.4 is 0 Å². The predicted molar refractivity (Wildman–Crippen MR) is 73.8 cm³/mol. The number of methoxy groups -OCH3 is 1. The van der Waals surface area contributed by atoms with Gasteiger partial charge in [0.15, 0.2) is 6.10 Å². The number of hydrogen-bond donors (Lipinski definition) is 0. The number of carbonyl (C=O) groups excluding carboxylic acids is 2. The van der Waals surface area contributed by atoms with Crippen LogP contribution in [0.3, 0.4) is 0 Å². The van der Waals surface area contributed by atoms with Gasteiger partial charge in [-0.25, -0.2) is 4.79 Å². The number of non-ortho nitro benzene ring substituents is 1. The van der Waals surface area contributed by atoms with Crippen LogP contribution in [-0.2, 0) is 19.1 Å². The lowest BCUT2D eigenvalue weighted by Crippen LogP contribution is -2.18. The second-order valence-corrected chi connectivity index (χ2v) is 4.38. The molecule has 1 aromatic rings. The molecule has 0 heterocycles. The zero-order valence-corrected chi connectivity index (χ0v) is 12.0. The number of nitrogens with zero attached hydrogens (tertiary/aromatic N) is 1. The van der Waals surface area contributed by atoms with Crippen molar-refractivity contribution < 1.29 is 24.0 Å². The molecule has 0 amide bonds. The maximum Gasteiger partial charge on any atom is 0.337 e. The predicted octanol–water partition coefficient (Wildman–Crippen LogP) is 2.58. The molecule has 0 aliphatic rings. The van der Waals surface area contributed by atoms with Crippen LogP contribution in [0.1, 0.15) is 18.6 Å². The molecule has 0 aliphatic heterocycles. The van der Waals surface area contributed by atoms with Crippen molar-refractivity contribution in [3.63, 3.8) is 0 Å². The molecule has 112 valence electrons. The number of ether oxygens (including phenoxy) is 2. The van der Waals surface area contributed by atoms with Gasteiger partial charge in [0, 0.05) is 29.6 Å². The lowest BCUT2D eigenvalue weighted by atomic mass is 10.0. The molecule has 0 saturated carbocycles. The van der Waals surface area contributed by atoms with E-state index in [2.05, 4.69) is 11.3 Å². The summed E-state index contributed by atoms with van der Waals surface area (Å²) >= 11 is 5.96. The molecule has 0 radical (unpaired) electrons. The van der Waals surface area contributed by atoms with Gasteiger partial charge in [-0.3, -0.25) is 14.9 Å². The highest BCUT2D eigenvalue weighted by Gasteiger charge is 2.28. The summed E-state index contributed by atoms with van der Waals surface area (Å²) < 4.78 is 9.50. The molecule has 1 aromatic carbocycles. The largest absolute Gasteiger partial charge is 0.466 e. The highest BCUT2D eigenvalue weighted by Crippen LogP contribution is 2.34. The molecule has 0 bridgehead atoms. The molecule has 0 aromatic heterocycles. The molecule has 0 spiro atoms. The van der Waals surface area contributed by atoms with Crippen LogP contribution in [-0.4, -0.2) is 24.0 Å². The van der Waals surface area contributed by atoms with Gasteiger partial charge in [-0.2, -0.15) is 0 Å². The first-order valence-electron chi connectivity index (χ1n) is 5.66. The summed E-state index contributed by atoms with van der Waals surface area (Å²) in [5.41, 5.74) is -0.379. The van der Waals surface area contributed by atoms with Gasteiger partial charge in [0.05, 0.1) is 17.6 Å². The van der Waals surface area contributed by atoms with Crippen LogP contribution in [0.2, 0.25) is 5.02 Å². The summed E-state index contributed by atoms with van der Waals surface area (Å²) in [5, 5.41) is 10.9. The summed E-state index contributed by atoms with van der Waals surface area (Å²) in [6.45, 7) is 4.62. The van der Waals surface area contributed by atoms with Crippen LogP contribution in [0.25, 0.3) is 0 Å². The van der Waals surface area contributed by atoms with Gasteiger partial charge in [-0.05, 0) is 6.07 Å². The molecular weight excluding hydrogens is 302 g/mol. The highest BCUT2D eigenvalue weighted by atomic mass is 35.5. The van der Waals surface area contributed by atoms with Gasteiger partial charge in [0.1, 0.15) is 0 Å². The molecule has 7 nitrogen and oxygen atoms in total. The quantitative estimate of drug-likeness (QED) is 0.359. The van der Waals surface area contributed by atoms with E-state index >= 15 is 0 Å². The maximum atomic E-state index is 11.5. The molecule has 1 unspecified atom stereocenters. The van der Waals surface area contributed by atoms with Crippen LogP contribution in [0.15, 0.2) is 30.4 Å². The summed E-state index contributed by atoms with van der Waals surface area (Å²) in [6.07, 6.45) is -1.26. The van der Waals surface area contributed by atoms with Crippen molar-refractivity contribution in [2.75, 3.05) is 7.11 Å². The number of halogens is 1. The standard InChI is InChI=1S/C13H12ClNO6/c1-7(13(17)20-3)12(21-8(2)16)10-6-9(15(18)19)4-5-11(10)14/h4-6,12H,1H2,2-3H3. The third-order valence-electron chi connectivity index (χ3n) is 2.52. The lowest BCUT2D eigenvalue weighted by molar-refractivity contribution is -0.385. The fraction of sp³-hybridized carbons (Fsp3) is 0.231. The van der Waals surface area contributed by atoms with Crippen molar-refractivity contribution in [3.05, 3.63) is 51.1 Å². The van der Waals surface area contributed by atoms with Gasteiger partial charge >= 0.3 is 11.9 Å². The van der Waals surface area contributed by atoms with Crippen LogP contribution >= 0.6 is 11.6 Å². The van der Waals surface area contributed by atoms with E-state index in [0.717, 1.165) is 20.1 Å². The maximum absolute atomic E-state index is 11.5. The van der Waals surface area contributed by atoms with Gasteiger partial charge < -0.3 is 9.47 Å². The van der Waals surface area contributed by atoms with Gasteiger partial charge in [0.2, 0.25) is 0 Å². The summed E-state index contributed by atoms with van der Waals surface area (Å²) in [5.74, 6) is -1.52. The van der Waals surface area contributed by atoms with E-state index < -0.39 is 23.0 Å². The van der Waals surface area contributed by atoms with Crippen molar-refractivity contribution in [1.29, 1.82) is 0 Å². The Bertz CT molecular complexity index is 613. The minimum absolute atomic E-state index is 0.0801. The Morgan fingerprint density at radius 3 is 2.52 bits per heavy atom. The topological polar surface area (TPSA) is 95.7 Å². The van der Waals surface area contributed by atoms with E-state index in [1.807, 2.05) is 0 Å². The number of carbonyl (C=O) groups is 2. The molecule has 0 N–H and O–H groups in total. The Labute approximate surface area is 125 Å². The molecule has 1 atom stereocenters.